The van der Waals surface area contributed by atoms with E-state index >= 15 is 0 Å². The third kappa shape index (κ3) is 4.81. The van der Waals surface area contributed by atoms with Crippen LogP contribution in [0.25, 0.3) is 11.3 Å². The summed E-state index contributed by atoms with van der Waals surface area (Å²) in [4.78, 5) is 27.0. The van der Waals surface area contributed by atoms with Crippen LogP contribution in [0, 0.1) is 17.0 Å². The number of hydrogen-bond acceptors (Lipinski definition) is 6. The Balaban J connectivity index is 1.66. The van der Waals surface area contributed by atoms with Gasteiger partial charge in [0.05, 0.1) is 15.6 Å². The fourth-order valence-corrected chi connectivity index (χ4v) is 3.14. The number of carbonyl (C=O) groups excluding carboxylic acids is 1. The molecule has 1 aromatic heterocycles. The van der Waals surface area contributed by atoms with Crippen LogP contribution in [0.5, 0.6) is 5.75 Å². The van der Waals surface area contributed by atoms with Crippen LogP contribution in [0.3, 0.4) is 0 Å². The number of anilines is 1. The van der Waals surface area contributed by atoms with Crippen LogP contribution in [0.15, 0.2) is 47.8 Å². The van der Waals surface area contributed by atoms with E-state index in [-0.39, 0.29) is 23.1 Å². The van der Waals surface area contributed by atoms with Crippen molar-refractivity contribution < 1.29 is 14.5 Å². The van der Waals surface area contributed by atoms with E-state index in [2.05, 4.69) is 10.3 Å². The first-order chi connectivity index (χ1) is 12.9. The molecule has 0 unspecified atom stereocenters. The summed E-state index contributed by atoms with van der Waals surface area (Å²) in [5, 5.41) is 16.9. The minimum atomic E-state index is -0.613. The number of hydrogen-bond donors (Lipinski definition) is 1. The Morgan fingerprint density at radius 3 is 2.85 bits per heavy atom. The number of carbonyl (C=O) groups is 1. The zero-order valence-electron chi connectivity index (χ0n) is 14.1. The van der Waals surface area contributed by atoms with E-state index in [1.54, 1.807) is 23.5 Å². The molecule has 0 aliphatic heterocycles. The van der Waals surface area contributed by atoms with Crippen LogP contribution in [-0.2, 0) is 4.79 Å². The van der Waals surface area contributed by atoms with Crippen molar-refractivity contribution in [3.63, 3.8) is 0 Å². The van der Waals surface area contributed by atoms with Gasteiger partial charge in [0.1, 0.15) is 0 Å². The summed E-state index contributed by atoms with van der Waals surface area (Å²) < 4.78 is 5.28. The molecule has 0 saturated heterocycles. The largest absolute Gasteiger partial charge is 0.477 e. The lowest BCUT2D eigenvalue weighted by Crippen LogP contribution is -2.20. The van der Waals surface area contributed by atoms with E-state index in [0.717, 1.165) is 16.3 Å². The summed E-state index contributed by atoms with van der Waals surface area (Å²) >= 11 is 7.30. The summed E-state index contributed by atoms with van der Waals surface area (Å²) in [6.45, 7) is 1.55. The topological polar surface area (TPSA) is 94.4 Å². The first-order valence-corrected chi connectivity index (χ1v) is 9.07. The van der Waals surface area contributed by atoms with Crippen molar-refractivity contribution in [1.82, 2.24) is 4.98 Å². The number of rotatable bonds is 6. The van der Waals surface area contributed by atoms with Gasteiger partial charge in [-0.2, -0.15) is 0 Å². The number of thiazole rings is 1. The third-order valence-electron chi connectivity index (χ3n) is 3.54. The van der Waals surface area contributed by atoms with E-state index < -0.39 is 10.8 Å². The van der Waals surface area contributed by atoms with E-state index in [0.29, 0.717) is 5.69 Å². The number of ether oxygens (including phenoxy) is 1. The highest BCUT2D eigenvalue weighted by Crippen LogP contribution is 2.30. The van der Waals surface area contributed by atoms with Crippen molar-refractivity contribution in [2.75, 3.05) is 11.9 Å². The first kappa shape index (κ1) is 18.8. The summed E-state index contributed by atoms with van der Waals surface area (Å²) in [7, 11) is 0. The molecule has 1 amide bonds. The highest BCUT2D eigenvalue weighted by atomic mass is 35.5. The lowest BCUT2D eigenvalue weighted by molar-refractivity contribution is -0.385. The van der Waals surface area contributed by atoms with Gasteiger partial charge in [-0.15, -0.1) is 11.3 Å². The Morgan fingerprint density at radius 2 is 2.15 bits per heavy atom. The maximum Gasteiger partial charge on any atom is 0.312 e. The third-order valence-corrected chi connectivity index (χ3v) is 4.55. The van der Waals surface area contributed by atoms with Gasteiger partial charge in [0.15, 0.2) is 12.4 Å². The van der Waals surface area contributed by atoms with Crippen LogP contribution in [0.1, 0.15) is 5.01 Å². The van der Waals surface area contributed by atoms with E-state index in [4.69, 9.17) is 16.3 Å². The maximum atomic E-state index is 12.1. The van der Waals surface area contributed by atoms with E-state index in [9.17, 15) is 14.9 Å². The molecule has 138 valence electrons. The molecule has 0 spiro atoms. The second-order valence-electron chi connectivity index (χ2n) is 5.54. The SMILES string of the molecule is Cc1nc(-c2cccc(NC(=O)COc3ccc(Cl)cc3[N+](=O)[O-])c2)cs1. The monoisotopic (exact) mass is 403 g/mol. The minimum absolute atomic E-state index is 0.0220. The zero-order chi connectivity index (χ0) is 19.4. The zero-order valence-corrected chi connectivity index (χ0v) is 15.7. The van der Waals surface area contributed by atoms with Crippen molar-refractivity contribution in [2.45, 2.75) is 6.92 Å². The quantitative estimate of drug-likeness (QED) is 0.475. The lowest BCUT2D eigenvalue weighted by Gasteiger charge is -2.09. The number of benzene rings is 2. The van der Waals surface area contributed by atoms with Crippen LogP contribution in [0.2, 0.25) is 5.02 Å². The number of amides is 1. The number of nitrogens with zero attached hydrogens (tertiary/aromatic N) is 2. The maximum absolute atomic E-state index is 12.1. The average molecular weight is 404 g/mol. The predicted molar refractivity (Wildman–Crippen MR) is 105 cm³/mol. The number of halogens is 1. The second-order valence-corrected chi connectivity index (χ2v) is 7.04. The van der Waals surface area contributed by atoms with Gasteiger partial charge in [0.25, 0.3) is 5.91 Å². The van der Waals surface area contributed by atoms with Gasteiger partial charge in [-0.25, -0.2) is 4.98 Å². The number of aryl methyl sites for hydroxylation is 1. The molecule has 27 heavy (non-hydrogen) atoms. The van der Waals surface area contributed by atoms with Crippen molar-refractivity contribution in [2.24, 2.45) is 0 Å². The predicted octanol–water partition coefficient (Wildman–Crippen LogP) is 4.70. The number of nitro groups is 1. The molecule has 2 aromatic carbocycles. The lowest BCUT2D eigenvalue weighted by atomic mass is 10.1. The van der Waals surface area contributed by atoms with E-state index in [1.165, 1.54) is 18.2 Å². The van der Waals surface area contributed by atoms with Gasteiger partial charge in [-0.3, -0.25) is 14.9 Å². The molecule has 1 N–H and O–H groups in total. The molecule has 0 atom stereocenters. The fourth-order valence-electron chi connectivity index (χ4n) is 2.35. The fraction of sp³-hybridized carbons (Fsp3) is 0.111. The van der Waals surface area contributed by atoms with Crippen LogP contribution < -0.4 is 10.1 Å². The van der Waals surface area contributed by atoms with Crippen molar-refractivity contribution in [3.8, 4) is 17.0 Å². The number of nitro benzene ring substituents is 1. The summed E-state index contributed by atoms with van der Waals surface area (Å²) in [6.07, 6.45) is 0. The van der Waals surface area contributed by atoms with E-state index in [1.807, 2.05) is 24.4 Å². The van der Waals surface area contributed by atoms with Gasteiger partial charge in [-0.05, 0) is 31.2 Å². The Kier molecular flexibility index (Phi) is 5.68. The summed E-state index contributed by atoms with van der Waals surface area (Å²) in [6, 6.07) is 11.2. The first-order valence-electron chi connectivity index (χ1n) is 7.81. The summed E-state index contributed by atoms with van der Waals surface area (Å²) in [5.74, 6) is -0.461. The molecule has 3 rings (SSSR count). The molecule has 0 fully saturated rings. The molecule has 0 saturated carbocycles. The van der Waals surface area contributed by atoms with Gasteiger partial charge < -0.3 is 10.1 Å². The van der Waals surface area contributed by atoms with Crippen molar-refractivity contribution in [3.05, 3.63) is 68.0 Å². The average Bonchev–Trinajstić information content (AvgIpc) is 3.07. The Labute approximate surface area is 163 Å². The molecule has 9 heteroatoms. The van der Waals surface area contributed by atoms with Crippen LogP contribution >= 0.6 is 22.9 Å². The highest BCUT2D eigenvalue weighted by molar-refractivity contribution is 7.09. The van der Waals surface area contributed by atoms with Gasteiger partial charge >= 0.3 is 5.69 Å². The van der Waals surface area contributed by atoms with Crippen molar-refractivity contribution >= 4 is 40.2 Å². The van der Waals surface area contributed by atoms with Crippen LogP contribution in [-0.4, -0.2) is 22.4 Å². The van der Waals surface area contributed by atoms with Gasteiger partial charge in [0, 0.05) is 27.7 Å². The normalized spacial score (nSPS) is 10.4. The van der Waals surface area contributed by atoms with Crippen molar-refractivity contribution in [1.29, 1.82) is 0 Å². The molecule has 0 radical (unpaired) electrons. The molecule has 1 heterocycles. The van der Waals surface area contributed by atoms with Gasteiger partial charge in [0.2, 0.25) is 0 Å². The molecule has 0 aliphatic carbocycles. The Morgan fingerprint density at radius 1 is 1.33 bits per heavy atom. The number of nitrogens with one attached hydrogen (secondary N) is 1. The summed E-state index contributed by atoms with van der Waals surface area (Å²) in [5.41, 5.74) is 2.00. The molecule has 3 aromatic rings. The standard InChI is InChI=1S/C18H14ClN3O4S/c1-11-20-15(10-27-11)12-3-2-4-14(7-12)21-18(23)9-26-17-6-5-13(19)8-16(17)22(24)25/h2-8,10H,9H2,1H3,(H,21,23). The molecular formula is C18H14ClN3O4S. The molecule has 0 aliphatic rings. The molecule has 7 nitrogen and oxygen atoms in total. The number of aromatic nitrogens is 1. The Bertz CT molecular complexity index is 1010. The van der Waals surface area contributed by atoms with Gasteiger partial charge in [-0.1, -0.05) is 23.7 Å². The Hall–Kier alpha value is -2.97. The highest BCUT2D eigenvalue weighted by Gasteiger charge is 2.17. The smallest absolute Gasteiger partial charge is 0.312 e. The molecule has 0 bridgehead atoms. The molecular weight excluding hydrogens is 390 g/mol. The minimum Gasteiger partial charge on any atom is -0.477 e. The van der Waals surface area contributed by atoms with Crippen LogP contribution in [0.4, 0.5) is 11.4 Å². The second kappa shape index (κ2) is 8.15.